The second-order valence-electron chi connectivity index (χ2n) is 5.49. The summed E-state index contributed by atoms with van der Waals surface area (Å²) in [6.07, 6.45) is 0. The average Bonchev–Trinajstić information content (AvgIpc) is 3.07. The molecule has 25 heavy (non-hydrogen) atoms. The lowest BCUT2D eigenvalue weighted by molar-refractivity contribution is 0.601. The highest BCUT2D eigenvalue weighted by molar-refractivity contribution is 7.92. The zero-order valence-corrected chi connectivity index (χ0v) is 13.9. The van der Waals surface area contributed by atoms with E-state index in [1.165, 1.54) is 0 Å². The van der Waals surface area contributed by atoms with Gasteiger partial charge in [0.2, 0.25) is 5.89 Å². The molecule has 5 nitrogen and oxygen atoms in total. The highest BCUT2D eigenvalue weighted by Crippen LogP contribution is 2.27. The number of nitrogens with zero attached hydrogens (tertiary/aromatic N) is 1. The van der Waals surface area contributed by atoms with Crippen molar-refractivity contribution >= 4 is 26.8 Å². The molecule has 0 spiro atoms. The Balaban J connectivity index is 1.68. The number of fused-ring (bicyclic) bond motifs is 1. The molecular weight excluding hydrogens is 336 g/mol. The second kappa shape index (κ2) is 6.07. The van der Waals surface area contributed by atoms with E-state index in [9.17, 15) is 8.42 Å². The normalized spacial score (nSPS) is 11.5. The first-order valence-corrected chi connectivity index (χ1v) is 9.14. The van der Waals surface area contributed by atoms with Crippen molar-refractivity contribution in [3.63, 3.8) is 0 Å². The topological polar surface area (TPSA) is 72.2 Å². The molecular formula is C19H14N2O3S. The van der Waals surface area contributed by atoms with Crippen LogP contribution in [0.1, 0.15) is 0 Å². The van der Waals surface area contributed by atoms with Gasteiger partial charge in [0.05, 0.1) is 4.90 Å². The Kier molecular flexibility index (Phi) is 3.74. The van der Waals surface area contributed by atoms with E-state index in [1.807, 2.05) is 30.3 Å². The summed E-state index contributed by atoms with van der Waals surface area (Å²) in [5.41, 5.74) is 2.59. The van der Waals surface area contributed by atoms with E-state index < -0.39 is 10.0 Å². The standard InChI is InChI=1S/C19H14N2O3S/c22-25(23,16-9-2-1-3-10-16)21-15-8-6-7-14(13-15)19-20-17-11-4-5-12-18(17)24-19/h1-13,21H. The van der Waals surface area contributed by atoms with Gasteiger partial charge in [-0.2, -0.15) is 0 Å². The lowest BCUT2D eigenvalue weighted by Crippen LogP contribution is -2.12. The molecule has 0 atom stereocenters. The molecule has 1 N–H and O–H groups in total. The summed E-state index contributed by atoms with van der Waals surface area (Å²) < 4.78 is 33.2. The molecule has 0 bridgehead atoms. The second-order valence-corrected chi connectivity index (χ2v) is 7.17. The van der Waals surface area contributed by atoms with Crippen LogP contribution in [-0.2, 0) is 10.0 Å². The minimum Gasteiger partial charge on any atom is -0.436 e. The maximum atomic E-state index is 12.4. The number of anilines is 1. The van der Waals surface area contributed by atoms with Crippen molar-refractivity contribution in [1.82, 2.24) is 4.98 Å². The molecule has 0 radical (unpaired) electrons. The van der Waals surface area contributed by atoms with Gasteiger partial charge in [-0.15, -0.1) is 0 Å². The Labute approximate surface area is 145 Å². The first kappa shape index (κ1) is 15.4. The molecule has 4 aromatic rings. The number of benzene rings is 3. The van der Waals surface area contributed by atoms with Crippen LogP contribution < -0.4 is 4.72 Å². The number of sulfonamides is 1. The smallest absolute Gasteiger partial charge is 0.261 e. The fourth-order valence-electron chi connectivity index (χ4n) is 2.53. The van der Waals surface area contributed by atoms with Gasteiger partial charge in [-0.3, -0.25) is 4.72 Å². The summed E-state index contributed by atoms with van der Waals surface area (Å²) in [5, 5.41) is 0. The van der Waals surface area contributed by atoms with Crippen LogP contribution in [0.15, 0.2) is 88.2 Å². The Morgan fingerprint density at radius 1 is 0.840 bits per heavy atom. The number of nitrogens with one attached hydrogen (secondary N) is 1. The van der Waals surface area contributed by atoms with Gasteiger partial charge in [-0.1, -0.05) is 36.4 Å². The molecule has 1 aromatic heterocycles. The molecule has 124 valence electrons. The van der Waals surface area contributed by atoms with Crippen LogP contribution in [0.5, 0.6) is 0 Å². The summed E-state index contributed by atoms with van der Waals surface area (Å²) >= 11 is 0. The third-order valence-corrected chi connectivity index (χ3v) is 5.11. The van der Waals surface area contributed by atoms with Crippen molar-refractivity contribution in [2.75, 3.05) is 4.72 Å². The molecule has 0 saturated carbocycles. The number of rotatable bonds is 4. The molecule has 0 aliphatic rings. The van der Waals surface area contributed by atoms with Crippen molar-refractivity contribution in [3.8, 4) is 11.5 Å². The van der Waals surface area contributed by atoms with E-state index in [1.54, 1.807) is 48.5 Å². The maximum absolute atomic E-state index is 12.4. The Morgan fingerprint density at radius 2 is 1.60 bits per heavy atom. The lowest BCUT2D eigenvalue weighted by Gasteiger charge is -2.08. The number of hydrogen-bond donors (Lipinski definition) is 1. The number of oxazole rings is 1. The molecule has 0 fully saturated rings. The summed E-state index contributed by atoms with van der Waals surface area (Å²) in [5.74, 6) is 0.446. The highest BCUT2D eigenvalue weighted by atomic mass is 32.2. The molecule has 0 aliphatic heterocycles. The van der Waals surface area contributed by atoms with Crippen LogP contribution in [0.3, 0.4) is 0 Å². The summed E-state index contributed by atoms with van der Waals surface area (Å²) in [6, 6.07) is 22.7. The molecule has 0 saturated heterocycles. The lowest BCUT2D eigenvalue weighted by atomic mass is 10.2. The van der Waals surface area contributed by atoms with Crippen molar-refractivity contribution in [1.29, 1.82) is 0 Å². The van der Waals surface area contributed by atoms with Crippen molar-refractivity contribution in [2.45, 2.75) is 4.90 Å². The summed E-state index contributed by atoms with van der Waals surface area (Å²) in [6.45, 7) is 0. The number of aromatic nitrogens is 1. The molecule has 4 rings (SSSR count). The van der Waals surface area contributed by atoms with Crippen molar-refractivity contribution < 1.29 is 12.8 Å². The van der Waals surface area contributed by atoms with Crippen LogP contribution >= 0.6 is 0 Å². The predicted molar refractivity (Wildman–Crippen MR) is 96.7 cm³/mol. The van der Waals surface area contributed by atoms with Crippen LogP contribution in [0.25, 0.3) is 22.6 Å². The van der Waals surface area contributed by atoms with Gasteiger partial charge in [-0.05, 0) is 42.5 Å². The van der Waals surface area contributed by atoms with Crippen LogP contribution in [-0.4, -0.2) is 13.4 Å². The van der Waals surface area contributed by atoms with Crippen LogP contribution in [0.2, 0.25) is 0 Å². The zero-order valence-electron chi connectivity index (χ0n) is 13.1. The van der Waals surface area contributed by atoms with Crippen LogP contribution in [0, 0.1) is 0 Å². The minimum atomic E-state index is -3.64. The number of para-hydroxylation sites is 2. The minimum absolute atomic E-state index is 0.210. The van der Waals surface area contributed by atoms with E-state index in [0.29, 0.717) is 22.7 Å². The van der Waals surface area contributed by atoms with Gasteiger partial charge in [-0.25, -0.2) is 13.4 Å². The van der Waals surface area contributed by atoms with E-state index in [-0.39, 0.29) is 4.90 Å². The quantitative estimate of drug-likeness (QED) is 0.596. The Morgan fingerprint density at radius 3 is 2.40 bits per heavy atom. The summed E-state index contributed by atoms with van der Waals surface area (Å²) in [7, 11) is -3.64. The Hall–Kier alpha value is -3.12. The number of hydrogen-bond acceptors (Lipinski definition) is 4. The van der Waals surface area contributed by atoms with E-state index in [2.05, 4.69) is 9.71 Å². The maximum Gasteiger partial charge on any atom is 0.261 e. The molecule has 6 heteroatoms. The summed E-state index contributed by atoms with van der Waals surface area (Å²) in [4.78, 5) is 4.65. The van der Waals surface area contributed by atoms with Gasteiger partial charge >= 0.3 is 0 Å². The highest BCUT2D eigenvalue weighted by Gasteiger charge is 2.14. The molecule has 3 aromatic carbocycles. The molecule has 0 amide bonds. The van der Waals surface area contributed by atoms with Gasteiger partial charge < -0.3 is 4.42 Å². The fraction of sp³-hybridized carbons (Fsp3) is 0. The predicted octanol–water partition coefficient (Wildman–Crippen LogP) is 4.30. The average molecular weight is 350 g/mol. The van der Waals surface area contributed by atoms with Gasteiger partial charge in [0.1, 0.15) is 5.52 Å². The SMILES string of the molecule is O=S(=O)(Nc1cccc(-c2nc3ccccc3o2)c1)c1ccccc1. The first-order valence-electron chi connectivity index (χ1n) is 7.66. The van der Waals surface area contributed by atoms with Gasteiger partial charge in [0, 0.05) is 11.3 Å². The molecule has 0 unspecified atom stereocenters. The van der Waals surface area contributed by atoms with Crippen molar-refractivity contribution in [3.05, 3.63) is 78.9 Å². The van der Waals surface area contributed by atoms with Crippen molar-refractivity contribution in [2.24, 2.45) is 0 Å². The van der Waals surface area contributed by atoms with Gasteiger partial charge in [0.15, 0.2) is 5.58 Å². The fourth-order valence-corrected chi connectivity index (χ4v) is 3.60. The van der Waals surface area contributed by atoms with Gasteiger partial charge in [0.25, 0.3) is 10.0 Å². The van der Waals surface area contributed by atoms with E-state index in [4.69, 9.17) is 4.42 Å². The first-order chi connectivity index (χ1) is 12.1. The molecule has 0 aliphatic carbocycles. The van der Waals surface area contributed by atoms with Crippen LogP contribution in [0.4, 0.5) is 5.69 Å². The molecule has 1 heterocycles. The Bertz CT molecular complexity index is 1100. The van der Waals surface area contributed by atoms with E-state index in [0.717, 1.165) is 5.52 Å². The third kappa shape index (κ3) is 3.12. The van der Waals surface area contributed by atoms with E-state index >= 15 is 0 Å². The third-order valence-electron chi connectivity index (χ3n) is 3.71. The zero-order chi connectivity index (χ0) is 17.3. The largest absolute Gasteiger partial charge is 0.436 e. The monoisotopic (exact) mass is 350 g/mol.